The first-order chi connectivity index (χ1) is 47.5. The zero-order chi connectivity index (χ0) is 71.0. The molecule has 5 amide bonds. The summed E-state index contributed by atoms with van der Waals surface area (Å²) in [5.74, 6) is 2.16. The Morgan fingerprint density at radius 2 is 1.52 bits per heavy atom. The third-order valence-electron chi connectivity index (χ3n) is 19.8. The lowest BCUT2D eigenvalue weighted by Gasteiger charge is -2.44. The summed E-state index contributed by atoms with van der Waals surface area (Å²) in [6.45, 7) is 19.0. The van der Waals surface area contributed by atoms with Crippen molar-refractivity contribution in [2.24, 2.45) is 28.5 Å². The van der Waals surface area contributed by atoms with Crippen LogP contribution in [0, 0.1) is 17.8 Å². The van der Waals surface area contributed by atoms with Gasteiger partial charge < -0.3 is 65.9 Å². The van der Waals surface area contributed by atoms with Crippen molar-refractivity contribution in [2.75, 3.05) is 83.9 Å². The number of ether oxygens (including phenoxy) is 3. The molecule has 6 heterocycles. The van der Waals surface area contributed by atoms with Crippen molar-refractivity contribution in [1.82, 2.24) is 41.3 Å². The zero-order valence-electron chi connectivity index (χ0n) is 59.1. The number of methoxy groups -OCH3 is 2. The molecule has 8 N–H and O–H groups in total. The van der Waals surface area contributed by atoms with E-state index in [9.17, 15) is 38.7 Å². The predicted octanol–water partition coefficient (Wildman–Crippen LogP) is 6.13. The molecule has 1 aliphatic carbocycles. The number of carbonyl (C=O) groups is 7. The smallest absolute Gasteiger partial charge is 0.405 e. The lowest BCUT2D eigenvalue weighted by atomic mass is 9.85. The van der Waals surface area contributed by atoms with Gasteiger partial charge in [-0.2, -0.15) is 11.8 Å². The molecule has 0 spiro atoms. The van der Waals surface area contributed by atoms with E-state index < -0.39 is 67.5 Å². The predicted molar refractivity (Wildman–Crippen MR) is 391 cm³/mol. The number of amides is 5. The second-order valence-electron chi connectivity index (χ2n) is 28.3. The number of primary amides is 1. The number of aliphatic hydroxyl groups excluding tert-OH is 1. The number of nitrogens with one attached hydrogen (secondary N) is 5. The number of hydrogen-bond acceptors (Lipinski definition) is 20. The van der Waals surface area contributed by atoms with E-state index in [0.29, 0.717) is 42.7 Å². The number of thioether (sulfide) groups is 2. The SMILES string of the molecule is CO[C@H]1C=CC=C(C)C(=O)NC2=CC(=O)C(NCCCNC(=O)CCCN3C(=O)CC(SC[C@H]4CCN5CC[C@@H](CSC[C@H]6CCN7CC[C@H](CO[Si](c8ccccc8)(c8ccccc8)C(C)(C)C)N=C7N6)C=C5N4)C3=O)=C(C[C@@H](C)C[C@H](OC)[C@H](O)[C@@H](C)C=C(C)[C@@H]1OC(N)=O)C2=O. The Morgan fingerprint density at radius 3 is 2.20 bits per heavy atom. The van der Waals surface area contributed by atoms with E-state index in [4.69, 9.17) is 29.4 Å². The number of aliphatic imine (C=N–C) groups is 1. The molecule has 2 bridgehead atoms. The number of hydrogen-bond donors (Lipinski definition) is 7. The van der Waals surface area contributed by atoms with Crippen molar-refractivity contribution in [3.8, 4) is 0 Å². The molecule has 9 rings (SSSR count). The molecule has 6 aliphatic heterocycles. The van der Waals surface area contributed by atoms with Gasteiger partial charge in [0.05, 0.1) is 47.3 Å². The number of benzene rings is 2. The highest BCUT2D eigenvalue weighted by atomic mass is 32.2. The maximum absolute atomic E-state index is 14.2. The average Bonchev–Trinajstić information content (AvgIpc) is 1.21. The number of fused-ring (bicyclic) bond motifs is 4. The highest BCUT2D eigenvalue weighted by Gasteiger charge is 2.51. The minimum atomic E-state index is -2.67. The van der Waals surface area contributed by atoms with Gasteiger partial charge in [0, 0.05) is 120 Å². The lowest BCUT2D eigenvalue weighted by molar-refractivity contribution is -0.138. The third kappa shape index (κ3) is 19.8. The first-order valence-corrected chi connectivity index (χ1v) is 39.3. The maximum atomic E-state index is 14.2. The molecule has 2 aromatic rings. The first-order valence-electron chi connectivity index (χ1n) is 35.2. The van der Waals surface area contributed by atoms with E-state index in [1.54, 1.807) is 26.0 Å². The van der Waals surface area contributed by atoms with Crippen LogP contribution in [0.3, 0.4) is 0 Å². The minimum absolute atomic E-state index is 0.0730. The monoisotopic (exact) mass is 1420 g/mol. The molecule has 11 atom stereocenters. The van der Waals surface area contributed by atoms with E-state index in [1.165, 1.54) is 66.2 Å². The number of allylic oxidation sites excluding steroid dienone is 5. The fourth-order valence-electron chi connectivity index (χ4n) is 14.4. The number of Topliss-reactive ketones (excluding diaryl/α,β-unsaturated/α-hetero) is 1. The minimum Gasteiger partial charge on any atom is -0.439 e. The molecule has 0 radical (unpaired) electrons. The van der Waals surface area contributed by atoms with E-state index in [0.717, 1.165) is 75.4 Å². The Labute approximate surface area is 593 Å². The first kappa shape index (κ1) is 76.2. The molecular weight excluding hydrogens is 1310 g/mol. The summed E-state index contributed by atoms with van der Waals surface area (Å²) in [7, 11) is 0.224. The van der Waals surface area contributed by atoms with Crippen LogP contribution >= 0.6 is 23.5 Å². The maximum Gasteiger partial charge on any atom is 0.405 e. The van der Waals surface area contributed by atoms with Crippen LogP contribution in [0.15, 0.2) is 136 Å². The summed E-state index contributed by atoms with van der Waals surface area (Å²) in [6, 6.07) is 22.2. The third-order valence-corrected chi connectivity index (χ3v) is 27.5. The number of nitrogens with two attached hydrogens (primary N) is 1. The quantitative estimate of drug-likeness (QED) is 0.0205. The van der Waals surface area contributed by atoms with Crippen molar-refractivity contribution in [1.29, 1.82) is 0 Å². The van der Waals surface area contributed by atoms with Crippen LogP contribution < -0.4 is 42.7 Å². The normalized spacial score (nSPS) is 26.8. The van der Waals surface area contributed by atoms with E-state index in [2.05, 4.69) is 124 Å². The summed E-state index contributed by atoms with van der Waals surface area (Å²) in [4.78, 5) is 105. The summed E-state index contributed by atoms with van der Waals surface area (Å²) in [5.41, 5.74) is 6.22. The van der Waals surface area contributed by atoms with Crippen molar-refractivity contribution >= 4 is 89.5 Å². The van der Waals surface area contributed by atoms with Crippen LogP contribution in [0.5, 0.6) is 0 Å². The number of likely N-dealkylation sites (tertiary alicyclic amines) is 1. The van der Waals surface area contributed by atoms with Gasteiger partial charge in [-0.05, 0) is 110 Å². The Morgan fingerprint density at radius 1 is 0.828 bits per heavy atom. The van der Waals surface area contributed by atoms with Crippen LogP contribution in [0.4, 0.5) is 4.79 Å². The Balaban J connectivity index is 0.696. The van der Waals surface area contributed by atoms with Crippen LogP contribution in [0.25, 0.3) is 0 Å². The molecule has 0 aromatic heterocycles. The molecular formula is C74H104N10O12S2Si. The van der Waals surface area contributed by atoms with Gasteiger partial charge >= 0.3 is 6.09 Å². The van der Waals surface area contributed by atoms with Crippen molar-refractivity contribution in [3.63, 3.8) is 0 Å². The van der Waals surface area contributed by atoms with Crippen molar-refractivity contribution in [2.45, 2.75) is 166 Å². The standard InChI is InChI=1S/C74H104N10O12S2Si/c1-47-37-57-66(59(85)41-58(68(57)89)81-70(90)48(2)19-16-24-60(93-8)69(96-72(75)92)50(4)39-49(3)67(88)61(38-47)94-9)77-31-18-30-76-64(86)25-17-32-84-65(87)42-62(71(84)91)98-46-54-28-34-82-33-26-51(40-63(82)78-54)44-97-45-53-29-36-83-35-27-52(79-73(83)80-53)43-95-99(74(5,6)7,55-20-12-10-13-21-55)56-22-14-11-15-23-56/h10-16,19-24,39-41,47,49,51-54,60-62,67,69,77-78,88H,17-18,25-38,42-46H2,1-9H3,(H2,75,92)(H,76,86)(H,79,80)(H,81,90)/t47-,49+,51-,52-,53-,54-,60+,61+,62?,67-,69+/m1/s1. The fourth-order valence-corrected chi connectivity index (χ4v) is 21.4. The highest BCUT2D eigenvalue weighted by molar-refractivity contribution is 8.00. The second-order valence-corrected chi connectivity index (χ2v) is 34.9. The van der Waals surface area contributed by atoms with Gasteiger partial charge in [0.25, 0.3) is 14.2 Å². The number of guanidine groups is 1. The zero-order valence-corrected chi connectivity index (χ0v) is 61.7. The van der Waals surface area contributed by atoms with Gasteiger partial charge in [-0.25, -0.2) is 9.79 Å². The Kier molecular flexibility index (Phi) is 27.4. The molecule has 1 unspecified atom stereocenters. The van der Waals surface area contributed by atoms with Gasteiger partial charge in [-0.1, -0.05) is 120 Å². The number of nitrogens with zero attached hydrogens (tertiary/aromatic N) is 4. The number of rotatable bonds is 24. The molecule has 99 heavy (non-hydrogen) atoms. The van der Waals surface area contributed by atoms with Crippen LogP contribution in [0.2, 0.25) is 5.04 Å². The van der Waals surface area contributed by atoms with E-state index in [-0.39, 0.29) is 109 Å². The second kappa shape index (κ2) is 35.5. The molecule has 7 aliphatic rings. The van der Waals surface area contributed by atoms with E-state index in [1.807, 2.05) is 18.7 Å². The summed E-state index contributed by atoms with van der Waals surface area (Å²) < 4.78 is 24.2. The van der Waals surface area contributed by atoms with Gasteiger partial charge in [0.1, 0.15) is 6.10 Å². The summed E-state index contributed by atoms with van der Waals surface area (Å²) >= 11 is 3.55. The summed E-state index contributed by atoms with van der Waals surface area (Å²) in [5, 5.41) is 29.8. The van der Waals surface area contributed by atoms with E-state index >= 15 is 0 Å². The van der Waals surface area contributed by atoms with Crippen molar-refractivity contribution in [3.05, 3.63) is 131 Å². The highest BCUT2D eigenvalue weighted by Crippen LogP contribution is 2.38. The molecule has 22 nitrogen and oxygen atoms in total. The van der Waals surface area contributed by atoms with Crippen molar-refractivity contribution < 1.29 is 57.3 Å². The van der Waals surface area contributed by atoms with Crippen LogP contribution in [-0.2, 0) is 47.4 Å². The van der Waals surface area contributed by atoms with Gasteiger partial charge in [0.15, 0.2) is 12.1 Å². The molecule has 2 aromatic carbocycles. The molecule has 538 valence electrons. The fraction of sp³-hybridized carbons (Fsp3) is 0.568. The number of carbonyl (C=O) groups excluding carboxylic acids is 7. The molecule has 25 heteroatoms. The average molecular weight is 1420 g/mol. The van der Waals surface area contributed by atoms with Crippen LogP contribution in [0.1, 0.15) is 113 Å². The van der Waals surface area contributed by atoms with Gasteiger partial charge in [-0.3, -0.25) is 33.7 Å². The topological polar surface area (TPSA) is 285 Å². The lowest BCUT2D eigenvalue weighted by Crippen LogP contribution is -2.67. The number of ketones is 2. The molecule has 3 saturated heterocycles. The van der Waals surface area contributed by atoms with Crippen LogP contribution in [-0.4, -0.2) is 207 Å². The number of imide groups is 1. The number of aliphatic hydroxyl groups is 1. The Hall–Kier alpha value is -7.00. The van der Waals surface area contributed by atoms with Gasteiger partial charge in [-0.15, -0.1) is 11.8 Å². The molecule has 3 fully saturated rings. The Bertz CT molecular complexity index is 3390. The van der Waals surface area contributed by atoms with Gasteiger partial charge in [0.2, 0.25) is 29.3 Å². The largest absolute Gasteiger partial charge is 0.439 e. The molecule has 0 saturated carbocycles. The summed E-state index contributed by atoms with van der Waals surface area (Å²) in [6.07, 6.45) is 10.6.